The van der Waals surface area contributed by atoms with E-state index in [4.69, 9.17) is 11.2 Å². The van der Waals surface area contributed by atoms with Crippen LogP contribution < -0.4 is 5.32 Å². The molecule has 80 valence electrons. The lowest BCUT2D eigenvalue weighted by Gasteiger charge is -2.22. The van der Waals surface area contributed by atoms with Gasteiger partial charge in [-0.25, -0.2) is 4.79 Å². The highest BCUT2D eigenvalue weighted by atomic mass is 16.6. The fourth-order valence-electron chi connectivity index (χ4n) is 0.835. The summed E-state index contributed by atoms with van der Waals surface area (Å²) < 4.78 is 5.07. The van der Waals surface area contributed by atoms with Gasteiger partial charge in [-0.05, 0) is 26.7 Å². The van der Waals surface area contributed by atoms with E-state index < -0.39 is 11.7 Å². The average Bonchev–Trinajstić information content (AvgIpc) is 1.96. The number of ether oxygens (including phenoxy) is 1. The molecule has 0 aliphatic heterocycles. The van der Waals surface area contributed by atoms with Crippen LogP contribution in [0.1, 0.15) is 34.6 Å². The van der Waals surface area contributed by atoms with E-state index >= 15 is 0 Å². The molecule has 1 amide bonds. The quantitative estimate of drug-likeness (QED) is 0.689. The molecule has 0 bridgehead atoms. The number of terminal acetylenes is 1. The van der Waals surface area contributed by atoms with Gasteiger partial charge in [-0.1, -0.05) is 19.8 Å². The standard InChI is InChI=1S/C11H19NO2/c1-7-9(8(2)3)12-10(13)14-11(4,5)6/h1,8-9H,2-6H3,(H,12,13). The SMILES string of the molecule is C#CC(NC(=O)OC(C)(C)C)C(C)C. The predicted molar refractivity (Wildman–Crippen MR) is 56.8 cm³/mol. The van der Waals surface area contributed by atoms with Gasteiger partial charge in [0.2, 0.25) is 0 Å². The molecule has 0 saturated carbocycles. The third-order valence-electron chi connectivity index (χ3n) is 1.52. The molecule has 1 unspecified atom stereocenters. The van der Waals surface area contributed by atoms with Crippen LogP contribution in [0.2, 0.25) is 0 Å². The van der Waals surface area contributed by atoms with E-state index in [1.54, 1.807) is 0 Å². The monoisotopic (exact) mass is 197 g/mol. The molecule has 0 heterocycles. The second kappa shape index (κ2) is 4.90. The van der Waals surface area contributed by atoms with Crippen molar-refractivity contribution in [1.29, 1.82) is 0 Å². The van der Waals surface area contributed by atoms with Crippen molar-refractivity contribution in [2.75, 3.05) is 0 Å². The van der Waals surface area contributed by atoms with Gasteiger partial charge in [-0.15, -0.1) is 6.42 Å². The molecule has 0 radical (unpaired) electrons. The summed E-state index contributed by atoms with van der Waals surface area (Å²) in [6, 6.07) is -0.273. The molecule has 0 saturated heterocycles. The number of rotatable bonds is 2. The summed E-state index contributed by atoms with van der Waals surface area (Å²) in [7, 11) is 0. The predicted octanol–water partition coefficient (Wildman–Crippen LogP) is 2.17. The van der Waals surface area contributed by atoms with Gasteiger partial charge in [0.1, 0.15) is 5.60 Å². The zero-order chi connectivity index (χ0) is 11.4. The van der Waals surface area contributed by atoms with Crippen LogP contribution >= 0.6 is 0 Å². The van der Waals surface area contributed by atoms with Crippen molar-refractivity contribution >= 4 is 6.09 Å². The Balaban J connectivity index is 4.13. The van der Waals surface area contributed by atoms with Gasteiger partial charge in [0.05, 0.1) is 6.04 Å². The first-order valence-corrected chi connectivity index (χ1v) is 4.72. The summed E-state index contributed by atoms with van der Waals surface area (Å²) in [5.74, 6) is 2.71. The molecule has 1 N–H and O–H groups in total. The lowest BCUT2D eigenvalue weighted by Crippen LogP contribution is -2.40. The Hall–Kier alpha value is -1.17. The molecule has 0 fully saturated rings. The largest absolute Gasteiger partial charge is 0.444 e. The molecule has 0 rings (SSSR count). The molecular formula is C11H19NO2. The van der Waals surface area contributed by atoms with E-state index in [9.17, 15) is 4.79 Å². The highest BCUT2D eigenvalue weighted by molar-refractivity contribution is 5.68. The maximum absolute atomic E-state index is 11.3. The first kappa shape index (κ1) is 12.8. The Morgan fingerprint density at radius 2 is 1.93 bits per heavy atom. The third-order valence-corrected chi connectivity index (χ3v) is 1.52. The molecule has 0 aromatic rings. The highest BCUT2D eigenvalue weighted by Gasteiger charge is 2.19. The molecule has 3 heteroatoms. The van der Waals surface area contributed by atoms with Gasteiger partial charge in [-0.3, -0.25) is 0 Å². The number of amides is 1. The van der Waals surface area contributed by atoms with E-state index in [2.05, 4.69) is 11.2 Å². The number of hydrogen-bond donors (Lipinski definition) is 1. The summed E-state index contributed by atoms with van der Waals surface area (Å²) in [6.45, 7) is 9.33. The van der Waals surface area contributed by atoms with Crippen LogP contribution in [0.4, 0.5) is 4.79 Å². The zero-order valence-electron chi connectivity index (χ0n) is 9.55. The van der Waals surface area contributed by atoms with Crippen LogP contribution in [0.5, 0.6) is 0 Å². The molecule has 0 aliphatic carbocycles. The van der Waals surface area contributed by atoms with E-state index in [1.807, 2.05) is 34.6 Å². The number of hydrogen-bond acceptors (Lipinski definition) is 2. The molecule has 0 spiro atoms. The second-order valence-corrected chi connectivity index (χ2v) is 4.53. The first-order valence-electron chi connectivity index (χ1n) is 4.72. The van der Waals surface area contributed by atoms with Gasteiger partial charge in [0.25, 0.3) is 0 Å². The van der Waals surface area contributed by atoms with Gasteiger partial charge in [0.15, 0.2) is 0 Å². The van der Waals surface area contributed by atoms with Crippen LogP contribution in [-0.4, -0.2) is 17.7 Å². The van der Waals surface area contributed by atoms with Crippen molar-refractivity contribution < 1.29 is 9.53 Å². The van der Waals surface area contributed by atoms with Gasteiger partial charge < -0.3 is 10.1 Å². The number of carbonyl (C=O) groups excluding carboxylic acids is 1. The topological polar surface area (TPSA) is 38.3 Å². The minimum Gasteiger partial charge on any atom is -0.444 e. The van der Waals surface area contributed by atoms with Gasteiger partial charge in [0, 0.05) is 0 Å². The van der Waals surface area contributed by atoms with Crippen LogP contribution in [0, 0.1) is 18.3 Å². The van der Waals surface area contributed by atoms with Crippen molar-refractivity contribution in [3.8, 4) is 12.3 Å². The van der Waals surface area contributed by atoms with Gasteiger partial charge in [-0.2, -0.15) is 0 Å². The van der Waals surface area contributed by atoms with Crippen LogP contribution in [-0.2, 0) is 4.74 Å². The molecule has 3 nitrogen and oxygen atoms in total. The minimum absolute atomic E-state index is 0.201. The maximum Gasteiger partial charge on any atom is 0.408 e. The normalized spacial score (nSPS) is 13.2. The molecular weight excluding hydrogens is 178 g/mol. The van der Waals surface area contributed by atoms with E-state index in [1.165, 1.54) is 0 Å². The Morgan fingerprint density at radius 3 is 2.21 bits per heavy atom. The lowest BCUT2D eigenvalue weighted by molar-refractivity contribution is 0.0506. The first-order chi connectivity index (χ1) is 6.26. The van der Waals surface area contributed by atoms with Crippen molar-refractivity contribution in [2.45, 2.75) is 46.3 Å². The Bertz CT molecular complexity index is 233. The molecule has 0 aromatic heterocycles. The Morgan fingerprint density at radius 1 is 1.43 bits per heavy atom. The smallest absolute Gasteiger partial charge is 0.408 e. The van der Waals surface area contributed by atoms with Crippen molar-refractivity contribution in [1.82, 2.24) is 5.32 Å². The van der Waals surface area contributed by atoms with Crippen LogP contribution in [0.3, 0.4) is 0 Å². The number of nitrogens with one attached hydrogen (secondary N) is 1. The fourth-order valence-corrected chi connectivity index (χ4v) is 0.835. The summed E-state index contributed by atoms with van der Waals surface area (Å²) in [5.41, 5.74) is -0.486. The van der Waals surface area contributed by atoms with Crippen LogP contribution in [0.25, 0.3) is 0 Å². The van der Waals surface area contributed by atoms with Gasteiger partial charge >= 0.3 is 6.09 Å². The third kappa shape index (κ3) is 5.47. The molecule has 0 aromatic carbocycles. The average molecular weight is 197 g/mol. The number of carbonyl (C=O) groups is 1. The fraction of sp³-hybridized carbons (Fsp3) is 0.727. The molecule has 1 atom stereocenters. The second-order valence-electron chi connectivity index (χ2n) is 4.53. The van der Waals surface area contributed by atoms with Crippen molar-refractivity contribution in [3.05, 3.63) is 0 Å². The van der Waals surface area contributed by atoms with Crippen LogP contribution in [0.15, 0.2) is 0 Å². The van der Waals surface area contributed by atoms with E-state index in [0.29, 0.717) is 0 Å². The summed E-state index contributed by atoms with van der Waals surface area (Å²) >= 11 is 0. The van der Waals surface area contributed by atoms with Crippen molar-refractivity contribution in [2.24, 2.45) is 5.92 Å². The number of alkyl carbamates (subject to hydrolysis) is 1. The maximum atomic E-state index is 11.3. The Labute approximate surface area is 86.2 Å². The highest BCUT2D eigenvalue weighted by Crippen LogP contribution is 2.08. The van der Waals surface area contributed by atoms with E-state index in [-0.39, 0.29) is 12.0 Å². The van der Waals surface area contributed by atoms with E-state index in [0.717, 1.165) is 0 Å². The molecule has 14 heavy (non-hydrogen) atoms. The summed E-state index contributed by atoms with van der Waals surface area (Å²) in [6.07, 6.45) is 4.80. The Kier molecular flexibility index (Phi) is 4.49. The lowest BCUT2D eigenvalue weighted by atomic mass is 10.1. The van der Waals surface area contributed by atoms with Crippen molar-refractivity contribution in [3.63, 3.8) is 0 Å². The zero-order valence-corrected chi connectivity index (χ0v) is 9.55. The summed E-state index contributed by atoms with van der Waals surface area (Å²) in [5, 5.41) is 2.63. The summed E-state index contributed by atoms with van der Waals surface area (Å²) in [4.78, 5) is 11.3. The minimum atomic E-state index is -0.486. The molecule has 0 aliphatic rings.